The molecule has 0 saturated heterocycles. The number of carbonyl (C=O) groups is 1. The number of aromatic amines is 1. The van der Waals surface area contributed by atoms with Crippen LogP contribution in [0.1, 0.15) is 21.8 Å². The molecule has 0 aliphatic carbocycles. The van der Waals surface area contributed by atoms with Gasteiger partial charge in [-0.05, 0) is 13.0 Å². The molecule has 0 bridgehead atoms. The molecule has 0 unspecified atom stereocenters. The van der Waals surface area contributed by atoms with Crippen molar-refractivity contribution in [1.29, 1.82) is 0 Å². The molecule has 0 spiro atoms. The molecule has 6 heteroatoms. The van der Waals surface area contributed by atoms with Crippen LogP contribution in [0.5, 0.6) is 0 Å². The van der Waals surface area contributed by atoms with E-state index in [1.807, 2.05) is 0 Å². The van der Waals surface area contributed by atoms with E-state index in [2.05, 4.69) is 10.1 Å². The van der Waals surface area contributed by atoms with Gasteiger partial charge in [0, 0.05) is 23.0 Å². The Bertz CT molecular complexity index is 863. The molecule has 0 fully saturated rings. The maximum absolute atomic E-state index is 12.2. The summed E-state index contributed by atoms with van der Waals surface area (Å²) in [6, 6.07) is 9.97. The third-order valence-corrected chi connectivity index (χ3v) is 3.00. The van der Waals surface area contributed by atoms with E-state index in [-0.39, 0.29) is 17.7 Å². The Kier molecular flexibility index (Phi) is 3.27. The van der Waals surface area contributed by atoms with Gasteiger partial charge >= 0.3 is 5.97 Å². The van der Waals surface area contributed by atoms with Crippen LogP contribution in [0.15, 0.2) is 45.7 Å². The van der Waals surface area contributed by atoms with Crippen molar-refractivity contribution < 1.29 is 14.1 Å². The first-order valence-electron chi connectivity index (χ1n) is 6.35. The summed E-state index contributed by atoms with van der Waals surface area (Å²) < 4.78 is 10.1. The van der Waals surface area contributed by atoms with Gasteiger partial charge in [-0.15, -0.1) is 0 Å². The normalized spacial score (nSPS) is 10.7. The van der Waals surface area contributed by atoms with Crippen LogP contribution in [0.4, 0.5) is 0 Å². The number of rotatable bonds is 3. The summed E-state index contributed by atoms with van der Waals surface area (Å²) in [4.78, 5) is 26.4. The van der Waals surface area contributed by atoms with Gasteiger partial charge in [-0.3, -0.25) is 4.79 Å². The number of carbonyl (C=O) groups excluding carboxylic acids is 1. The molecule has 0 aliphatic heterocycles. The highest BCUT2D eigenvalue weighted by molar-refractivity contribution is 6.03. The number of nitrogens with zero attached hydrogens (tertiary/aromatic N) is 1. The van der Waals surface area contributed by atoms with Crippen LogP contribution in [0.25, 0.3) is 10.9 Å². The summed E-state index contributed by atoms with van der Waals surface area (Å²) in [7, 11) is 0. The van der Waals surface area contributed by atoms with Gasteiger partial charge < -0.3 is 14.2 Å². The zero-order chi connectivity index (χ0) is 14.8. The van der Waals surface area contributed by atoms with E-state index in [1.165, 1.54) is 6.07 Å². The number of esters is 1. The van der Waals surface area contributed by atoms with Crippen LogP contribution in [-0.2, 0) is 11.3 Å². The number of pyridine rings is 1. The smallest absolute Gasteiger partial charge is 0.339 e. The fourth-order valence-corrected chi connectivity index (χ4v) is 2.08. The molecule has 106 valence electrons. The van der Waals surface area contributed by atoms with Crippen molar-refractivity contribution in [3.05, 3.63) is 63.8 Å². The van der Waals surface area contributed by atoms with Crippen molar-refractivity contribution in [3.8, 4) is 0 Å². The highest BCUT2D eigenvalue weighted by Gasteiger charge is 2.14. The first kappa shape index (κ1) is 13.1. The molecule has 3 rings (SSSR count). The van der Waals surface area contributed by atoms with Gasteiger partial charge in [0.05, 0.1) is 5.56 Å². The summed E-state index contributed by atoms with van der Waals surface area (Å²) >= 11 is 0. The highest BCUT2D eigenvalue weighted by Crippen LogP contribution is 2.16. The minimum absolute atomic E-state index is 0.00268. The van der Waals surface area contributed by atoms with Crippen LogP contribution >= 0.6 is 0 Å². The molecule has 21 heavy (non-hydrogen) atoms. The van der Waals surface area contributed by atoms with Gasteiger partial charge in [0.1, 0.15) is 18.1 Å². The Hall–Kier alpha value is -2.89. The summed E-state index contributed by atoms with van der Waals surface area (Å²) in [6.45, 7) is 1.75. The lowest BCUT2D eigenvalue weighted by atomic mass is 10.1. The highest BCUT2D eigenvalue weighted by atomic mass is 16.5. The third kappa shape index (κ3) is 2.69. The monoisotopic (exact) mass is 284 g/mol. The lowest BCUT2D eigenvalue weighted by Gasteiger charge is -2.05. The zero-order valence-corrected chi connectivity index (χ0v) is 11.3. The Morgan fingerprint density at radius 2 is 2.14 bits per heavy atom. The second-order valence-corrected chi connectivity index (χ2v) is 4.60. The average Bonchev–Trinajstić information content (AvgIpc) is 2.89. The fraction of sp³-hybridized carbons (Fsp3) is 0.133. The number of hydrogen-bond acceptors (Lipinski definition) is 5. The Labute approximate surface area is 119 Å². The average molecular weight is 284 g/mol. The molecule has 3 aromatic rings. The maximum Gasteiger partial charge on any atom is 0.339 e. The van der Waals surface area contributed by atoms with Crippen molar-refractivity contribution in [2.24, 2.45) is 0 Å². The Balaban J connectivity index is 1.89. The van der Waals surface area contributed by atoms with Gasteiger partial charge in [0.25, 0.3) is 0 Å². The molecule has 0 saturated carbocycles. The molecule has 0 amide bonds. The minimum Gasteiger partial charge on any atom is -0.455 e. The van der Waals surface area contributed by atoms with Crippen LogP contribution < -0.4 is 5.56 Å². The van der Waals surface area contributed by atoms with E-state index in [0.29, 0.717) is 22.4 Å². The summed E-state index contributed by atoms with van der Waals surface area (Å²) in [5.41, 5.74) is 0.997. The number of benzene rings is 1. The summed E-state index contributed by atoms with van der Waals surface area (Å²) in [5, 5.41) is 4.38. The van der Waals surface area contributed by atoms with E-state index >= 15 is 0 Å². The molecule has 1 N–H and O–H groups in total. The molecular weight excluding hydrogens is 272 g/mol. The standard InChI is InChI=1S/C15H12N2O4/c1-9-6-10(17-21-9)8-20-15(19)12-7-14(18)16-13-5-3-2-4-11(12)13/h2-7H,8H2,1H3,(H,16,18). The predicted octanol–water partition coefficient (Wildman–Crippen LogP) is 2.18. The molecule has 0 aliphatic rings. The van der Waals surface area contributed by atoms with Crippen molar-refractivity contribution in [2.75, 3.05) is 0 Å². The van der Waals surface area contributed by atoms with Crippen molar-refractivity contribution in [3.63, 3.8) is 0 Å². The van der Waals surface area contributed by atoms with Gasteiger partial charge in [0.2, 0.25) is 5.56 Å². The number of H-pyrrole nitrogens is 1. The van der Waals surface area contributed by atoms with Gasteiger partial charge in [-0.1, -0.05) is 23.4 Å². The van der Waals surface area contributed by atoms with Crippen LogP contribution in [-0.4, -0.2) is 16.1 Å². The number of nitrogens with one attached hydrogen (secondary N) is 1. The van der Waals surface area contributed by atoms with Crippen LogP contribution in [0.3, 0.4) is 0 Å². The topological polar surface area (TPSA) is 85.2 Å². The quantitative estimate of drug-likeness (QED) is 0.745. The predicted molar refractivity (Wildman–Crippen MR) is 74.9 cm³/mol. The number of ether oxygens (including phenoxy) is 1. The fourth-order valence-electron chi connectivity index (χ4n) is 2.08. The Morgan fingerprint density at radius 1 is 1.33 bits per heavy atom. The molecule has 6 nitrogen and oxygen atoms in total. The number of aryl methyl sites for hydroxylation is 1. The number of hydrogen-bond donors (Lipinski definition) is 1. The number of aromatic nitrogens is 2. The molecule has 0 radical (unpaired) electrons. The van der Waals surface area contributed by atoms with Crippen LogP contribution in [0.2, 0.25) is 0 Å². The van der Waals surface area contributed by atoms with E-state index < -0.39 is 5.97 Å². The first-order chi connectivity index (χ1) is 10.1. The van der Waals surface area contributed by atoms with E-state index in [1.54, 1.807) is 37.3 Å². The van der Waals surface area contributed by atoms with Crippen molar-refractivity contribution in [1.82, 2.24) is 10.1 Å². The van der Waals surface area contributed by atoms with Gasteiger partial charge in [-0.25, -0.2) is 4.79 Å². The maximum atomic E-state index is 12.2. The van der Waals surface area contributed by atoms with Gasteiger partial charge in [0.15, 0.2) is 0 Å². The number of para-hydroxylation sites is 1. The van der Waals surface area contributed by atoms with Crippen molar-refractivity contribution >= 4 is 16.9 Å². The largest absolute Gasteiger partial charge is 0.455 e. The Morgan fingerprint density at radius 3 is 2.90 bits per heavy atom. The zero-order valence-electron chi connectivity index (χ0n) is 11.3. The summed E-state index contributed by atoms with van der Waals surface area (Å²) in [5.74, 6) is 0.0700. The summed E-state index contributed by atoms with van der Waals surface area (Å²) in [6.07, 6.45) is 0. The van der Waals surface area contributed by atoms with E-state index in [9.17, 15) is 9.59 Å². The lowest BCUT2D eigenvalue weighted by molar-refractivity contribution is 0.0466. The molecule has 2 heterocycles. The van der Waals surface area contributed by atoms with Gasteiger partial charge in [-0.2, -0.15) is 0 Å². The van der Waals surface area contributed by atoms with Crippen LogP contribution in [0, 0.1) is 6.92 Å². The molecule has 0 atom stereocenters. The SMILES string of the molecule is Cc1cc(COC(=O)c2cc(=O)[nH]c3ccccc23)no1. The first-order valence-corrected chi connectivity index (χ1v) is 6.35. The minimum atomic E-state index is -0.571. The molecule has 1 aromatic carbocycles. The lowest BCUT2D eigenvalue weighted by Crippen LogP contribution is -2.13. The second kappa shape index (κ2) is 5.24. The molecular formula is C15H12N2O4. The van der Waals surface area contributed by atoms with Crippen molar-refractivity contribution in [2.45, 2.75) is 13.5 Å². The number of fused-ring (bicyclic) bond motifs is 1. The van der Waals surface area contributed by atoms with E-state index in [0.717, 1.165) is 0 Å². The third-order valence-electron chi connectivity index (χ3n) is 3.00. The second-order valence-electron chi connectivity index (χ2n) is 4.60. The molecule has 2 aromatic heterocycles. The van der Waals surface area contributed by atoms with E-state index in [4.69, 9.17) is 9.26 Å².